The first-order valence-corrected chi connectivity index (χ1v) is 4.19. The molecular formula is C6H9N3O2S. The van der Waals surface area contributed by atoms with Crippen LogP contribution in [-0.2, 0) is 9.53 Å². The number of carbonyl (C=O) groups excluding carboxylic acids is 1. The van der Waals surface area contributed by atoms with E-state index >= 15 is 0 Å². The smallest absolute Gasteiger partial charge is 0.346 e. The van der Waals surface area contributed by atoms with Gasteiger partial charge >= 0.3 is 5.97 Å². The Labute approximate surface area is 74.0 Å². The molecular weight excluding hydrogens is 178 g/mol. The van der Waals surface area contributed by atoms with Crippen LogP contribution >= 0.6 is 11.8 Å². The fraction of sp³-hybridized carbons (Fsp3) is 0.333. The van der Waals surface area contributed by atoms with Gasteiger partial charge in [-0.1, -0.05) is 0 Å². The number of amidine groups is 1. The topological polar surface area (TPSA) is 76.7 Å². The zero-order valence-corrected chi connectivity index (χ0v) is 7.35. The molecule has 5 nitrogen and oxygen atoms in total. The van der Waals surface area contributed by atoms with Crippen LogP contribution in [0.25, 0.3) is 0 Å². The zero-order chi connectivity index (χ0) is 8.97. The number of hydrogen-bond acceptors (Lipinski definition) is 6. The lowest BCUT2D eigenvalue weighted by atomic mass is 10.6. The van der Waals surface area contributed by atoms with Crippen molar-refractivity contribution in [1.29, 1.82) is 0 Å². The van der Waals surface area contributed by atoms with Crippen LogP contribution in [0, 0.1) is 0 Å². The number of thioether (sulfide) groups is 1. The highest BCUT2D eigenvalue weighted by atomic mass is 32.2. The monoisotopic (exact) mass is 187 g/mol. The number of esters is 1. The molecule has 1 aliphatic rings. The second-order valence-electron chi connectivity index (χ2n) is 1.91. The van der Waals surface area contributed by atoms with E-state index in [4.69, 9.17) is 10.5 Å². The van der Waals surface area contributed by atoms with Gasteiger partial charge in [0.1, 0.15) is 4.91 Å². The van der Waals surface area contributed by atoms with Gasteiger partial charge in [0.15, 0.2) is 5.17 Å². The average Bonchev–Trinajstić information content (AvgIpc) is 2.05. The average molecular weight is 187 g/mol. The fourth-order valence-corrected chi connectivity index (χ4v) is 1.20. The third-order valence-corrected chi connectivity index (χ3v) is 1.87. The van der Waals surface area contributed by atoms with E-state index in [1.807, 2.05) is 0 Å². The first kappa shape index (κ1) is 8.92. The number of nitrogens with two attached hydrogens (primary N) is 1. The van der Waals surface area contributed by atoms with E-state index in [9.17, 15) is 4.79 Å². The quantitative estimate of drug-likeness (QED) is 0.593. The first-order chi connectivity index (χ1) is 5.74. The molecule has 0 bridgehead atoms. The molecule has 0 radical (unpaired) electrons. The molecule has 3 N–H and O–H groups in total. The van der Waals surface area contributed by atoms with E-state index in [0.717, 1.165) is 11.8 Å². The Morgan fingerprint density at radius 3 is 3.25 bits per heavy atom. The third kappa shape index (κ3) is 2.16. The molecule has 0 aliphatic carbocycles. The first-order valence-electron chi connectivity index (χ1n) is 3.38. The second-order valence-corrected chi connectivity index (χ2v) is 2.97. The highest BCUT2D eigenvalue weighted by Gasteiger charge is 2.15. The maximum atomic E-state index is 11.1. The minimum Gasteiger partial charge on any atom is -0.462 e. The fourth-order valence-electron chi connectivity index (χ4n) is 0.622. The molecule has 0 unspecified atom stereocenters. The second kappa shape index (κ2) is 4.01. The van der Waals surface area contributed by atoms with Gasteiger partial charge in [0.2, 0.25) is 0 Å². The van der Waals surface area contributed by atoms with Crippen LogP contribution < -0.4 is 11.2 Å². The Hall–Kier alpha value is -1.17. The van der Waals surface area contributed by atoms with Gasteiger partial charge in [0.25, 0.3) is 0 Å². The molecule has 0 spiro atoms. The Morgan fingerprint density at radius 2 is 2.67 bits per heavy atom. The van der Waals surface area contributed by atoms with Gasteiger partial charge in [-0.3, -0.25) is 5.43 Å². The van der Waals surface area contributed by atoms with Gasteiger partial charge in [-0.15, -0.1) is 0 Å². The van der Waals surface area contributed by atoms with E-state index < -0.39 is 0 Å². The molecule has 0 saturated carbocycles. The molecule has 6 heteroatoms. The number of hydrogen-bond donors (Lipinski definition) is 2. The summed E-state index contributed by atoms with van der Waals surface area (Å²) < 4.78 is 4.75. The Morgan fingerprint density at radius 1 is 1.92 bits per heavy atom. The SMILES string of the molecule is CCOC(=O)C1=CNN=C(N)S1. The largest absolute Gasteiger partial charge is 0.462 e. The lowest BCUT2D eigenvalue weighted by Gasteiger charge is -2.09. The summed E-state index contributed by atoms with van der Waals surface area (Å²) in [7, 11) is 0. The number of carbonyl (C=O) groups is 1. The van der Waals surface area contributed by atoms with E-state index in [-0.39, 0.29) is 5.97 Å². The molecule has 1 rings (SSSR count). The highest BCUT2D eigenvalue weighted by molar-refractivity contribution is 8.17. The maximum absolute atomic E-state index is 11.1. The Bertz CT molecular complexity index is 249. The summed E-state index contributed by atoms with van der Waals surface area (Å²) in [5.41, 5.74) is 7.86. The van der Waals surface area contributed by atoms with Crippen molar-refractivity contribution in [2.75, 3.05) is 6.61 Å². The predicted octanol–water partition coefficient (Wildman–Crippen LogP) is -0.0430. The molecule has 0 amide bonds. The summed E-state index contributed by atoms with van der Waals surface area (Å²) in [6.07, 6.45) is 1.46. The van der Waals surface area contributed by atoms with Crippen molar-refractivity contribution in [2.45, 2.75) is 6.92 Å². The molecule has 0 aromatic heterocycles. The van der Waals surface area contributed by atoms with Gasteiger partial charge in [0.05, 0.1) is 6.61 Å². The van der Waals surface area contributed by atoms with Gasteiger partial charge in [-0.25, -0.2) is 4.79 Å². The van der Waals surface area contributed by atoms with Gasteiger partial charge in [-0.2, -0.15) is 5.10 Å². The molecule has 0 fully saturated rings. The van der Waals surface area contributed by atoms with Crippen LogP contribution in [0.15, 0.2) is 16.2 Å². The summed E-state index contributed by atoms with van der Waals surface area (Å²) >= 11 is 1.09. The van der Waals surface area contributed by atoms with E-state index in [1.54, 1.807) is 6.92 Å². The van der Waals surface area contributed by atoms with Crippen LogP contribution in [0.1, 0.15) is 6.92 Å². The van der Waals surface area contributed by atoms with Crippen molar-refractivity contribution in [3.05, 3.63) is 11.1 Å². The number of nitrogens with one attached hydrogen (secondary N) is 1. The molecule has 0 saturated heterocycles. The molecule has 0 atom stereocenters. The summed E-state index contributed by atoms with van der Waals surface area (Å²) in [6, 6.07) is 0. The molecule has 1 aliphatic heterocycles. The lowest BCUT2D eigenvalue weighted by Crippen LogP contribution is -2.20. The van der Waals surface area contributed by atoms with Gasteiger partial charge < -0.3 is 10.5 Å². The molecule has 12 heavy (non-hydrogen) atoms. The Balaban J connectivity index is 2.53. The molecule has 0 aromatic rings. The van der Waals surface area contributed by atoms with Crippen LogP contribution in [0.3, 0.4) is 0 Å². The number of hydrazone groups is 1. The lowest BCUT2D eigenvalue weighted by molar-refractivity contribution is -0.137. The standard InChI is InChI=1S/C6H9N3O2S/c1-2-11-5(10)4-3-8-9-6(7)12-4/h3,8H,2H2,1H3,(H2,7,9). The van der Waals surface area contributed by atoms with Crippen molar-refractivity contribution < 1.29 is 9.53 Å². The highest BCUT2D eigenvalue weighted by Crippen LogP contribution is 2.18. The van der Waals surface area contributed by atoms with E-state index in [2.05, 4.69) is 10.5 Å². The zero-order valence-electron chi connectivity index (χ0n) is 6.53. The minimum absolute atomic E-state index is 0.306. The maximum Gasteiger partial charge on any atom is 0.346 e. The van der Waals surface area contributed by atoms with Crippen molar-refractivity contribution in [1.82, 2.24) is 5.43 Å². The van der Waals surface area contributed by atoms with Crippen molar-refractivity contribution >= 4 is 22.9 Å². The number of rotatable bonds is 2. The number of nitrogens with zero attached hydrogens (tertiary/aromatic N) is 1. The van der Waals surface area contributed by atoms with Gasteiger partial charge in [-0.05, 0) is 18.7 Å². The van der Waals surface area contributed by atoms with E-state index in [1.165, 1.54) is 6.20 Å². The Kier molecular flexibility index (Phi) is 2.98. The van der Waals surface area contributed by atoms with Crippen LogP contribution in [0.2, 0.25) is 0 Å². The predicted molar refractivity (Wildman–Crippen MR) is 47.1 cm³/mol. The van der Waals surface area contributed by atoms with Crippen LogP contribution in [0.4, 0.5) is 0 Å². The normalized spacial score (nSPS) is 15.8. The summed E-state index contributed by atoms with van der Waals surface area (Å²) in [5, 5.41) is 3.95. The third-order valence-electron chi connectivity index (χ3n) is 1.06. The van der Waals surface area contributed by atoms with Crippen molar-refractivity contribution in [3.8, 4) is 0 Å². The van der Waals surface area contributed by atoms with E-state index in [0.29, 0.717) is 16.7 Å². The number of ether oxygens (including phenoxy) is 1. The summed E-state index contributed by atoms with van der Waals surface area (Å²) in [6.45, 7) is 2.10. The molecule has 0 aromatic carbocycles. The van der Waals surface area contributed by atoms with Crippen molar-refractivity contribution in [2.24, 2.45) is 10.8 Å². The van der Waals surface area contributed by atoms with Crippen LogP contribution in [0.5, 0.6) is 0 Å². The van der Waals surface area contributed by atoms with Gasteiger partial charge in [0, 0.05) is 6.20 Å². The van der Waals surface area contributed by atoms with Crippen molar-refractivity contribution in [3.63, 3.8) is 0 Å². The summed E-state index contributed by atoms with van der Waals surface area (Å²) in [4.78, 5) is 11.5. The summed E-state index contributed by atoms with van der Waals surface area (Å²) in [5.74, 6) is -0.382. The van der Waals surface area contributed by atoms with Crippen LogP contribution in [-0.4, -0.2) is 17.7 Å². The minimum atomic E-state index is -0.382. The molecule has 66 valence electrons. The molecule has 1 heterocycles.